The van der Waals surface area contributed by atoms with Crippen LogP contribution >= 0.6 is 11.6 Å². The molecule has 0 N–H and O–H groups in total. The molecule has 0 aromatic carbocycles. The van der Waals surface area contributed by atoms with Gasteiger partial charge < -0.3 is 4.57 Å². The molecule has 2 aromatic heterocycles. The zero-order valence-corrected chi connectivity index (χ0v) is 11.8. The molecule has 2 aromatic rings. The fourth-order valence-corrected chi connectivity index (χ4v) is 2.46. The molecule has 0 bridgehead atoms. The molecule has 0 unspecified atom stereocenters. The average molecular weight is 288 g/mol. The van der Waals surface area contributed by atoms with E-state index in [4.69, 9.17) is 11.6 Å². The van der Waals surface area contributed by atoms with Gasteiger partial charge in [0.05, 0.1) is 11.6 Å². The molecule has 0 saturated heterocycles. The van der Waals surface area contributed by atoms with Crippen LogP contribution in [0.5, 0.6) is 0 Å². The highest BCUT2D eigenvalue weighted by Gasteiger charge is 2.13. The van der Waals surface area contributed by atoms with Gasteiger partial charge in [0.1, 0.15) is 21.2 Å². The smallest absolute Gasteiger partial charge is 0.160 e. The van der Waals surface area contributed by atoms with Gasteiger partial charge in [-0.1, -0.05) is 0 Å². The minimum atomic E-state index is -3.02. The normalized spacial score (nSPS) is 12.2. The number of alkyl halides is 1. The molecule has 5 nitrogen and oxygen atoms in total. The molecule has 18 heavy (non-hydrogen) atoms. The van der Waals surface area contributed by atoms with E-state index in [0.29, 0.717) is 18.0 Å². The van der Waals surface area contributed by atoms with E-state index >= 15 is 0 Å². The molecule has 0 aliphatic heterocycles. The van der Waals surface area contributed by atoms with E-state index in [-0.39, 0.29) is 11.6 Å². The maximum Gasteiger partial charge on any atom is 0.160 e. The van der Waals surface area contributed by atoms with Gasteiger partial charge in [-0.05, 0) is 19.1 Å². The van der Waals surface area contributed by atoms with Crippen LogP contribution in [0.4, 0.5) is 0 Å². The van der Waals surface area contributed by atoms with Crippen LogP contribution in [-0.4, -0.2) is 35.0 Å². The highest BCUT2D eigenvalue weighted by Crippen LogP contribution is 2.16. The van der Waals surface area contributed by atoms with Crippen LogP contribution in [0.1, 0.15) is 11.5 Å². The molecule has 2 rings (SSSR count). The number of rotatable bonds is 4. The lowest BCUT2D eigenvalue weighted by Crippen LogP contribution is -2.13. The van der Waals surface area contributed by atoms with Crippen LogP contribution in [-0.2, 0) is 22.3 Å². The second kappa shape index (κ2) is 4.85. The fourth-order valence-electron chi connectivity index (χ4n) is 1.74. The second-order valence-electron chi connectivity index (χ2n) is 4.24. The first kappa shape index (κ1) is 13.3. The van der Waals surface area contributed by atoms with Crippen molar-refractivity contribution in [1.29, 1.82) is 0 Å². The number of sulfone groups is 1. The van der Waals surface area contributed by atoms with E-state index in [0.717, 1.165) is 11.2 Å². The molecule has 0 aliphatic carbocycles. The van der Waals surface area contributed by atoms with Crippen molar-refractivity contribution in [3.63, 3.8) is 0 Å². The summed E-state index contributed by atoms with van der Waals surface area (Å²) in [4.78, 5) is 8.74. The van der Waals surface area contributed by atoms with Gasteiger partial charge in [0.15, 0.2) is 5.65 Å². The molecule has 0 fully saturated rings. The quantitative estimate of drug-likeness (QED) is 0.800. The van der Waals surface area contributed by atoms with Gasteiger partial charge in [-0.3, -0.25) is 0 Å². The zero-order valence-electron chi connectivity index (χ0n) is 10.2. The summed E-state index contributed by atoms with van der Waals surface area (Å²) in [6.45, 7) is 2.21. The van der Waals surface area contributed by atoms with Crippen LogP contribution < -0.4 is 0 Å². The molecular weight excluding hydrogens is 274 g/mol. The van der Waals surface area contributed by atoms with E-state index in [1.54, 1.807) is 4.57 Å². The summed E-state index contributed by atoms with van der Waals surface area (Å²) in [5, 5.41) is 0. The Bertz CT molecular complexity index is 679. The third-order valence-electron chi connectivity index (χ3n) is 2.62. The summed E-state index contributed by atoms with van der Waals surface area (Å²) in [5.41, 5.74) is 2.29. The third kappa shape index (κ3) is 2.81. The number of aromatic nitrogens is 3. The van der Waals surface area contributed by atoms with Gasteiger partial charge in [-0.2, -0.15) is 0 Å². The van der Waals surface area contributed by atoms with Crippen molar-refractivity contribution >= 4 is 32.6 Å². The van der Waals surface area contributed by atoms with Crippen molar-refractivity contribution < 1.29 is 8.42 Å². The molecule has 0 radical (unpaired) electrons. The number of hydrogen-bond donors (Lipinski definition) is 0. The minimum absolute atomic E-state index is 0.0535. The molecule has 0 aliphatic rings. The van der Waals surface area contributed by atoms with Crippen molar-refractivity contribution in [1.82, 2.24) is 14.5 Å². The first-order chi connectivity index (χ1) is 8.40. The summed E-state index contributed by atoms with van der Waals surface area (Å²) in [6, 6.07) is 3.74. The van der Waals surface area contributed by atoms with Crippen LogP contribution in [0.25, 0.3) is 11.2 Å². The number of hydrogen-bond acceptors (Lipinski definition) is 4. The Morgan fingerprint density at radius 1 is 1.33 bits per heavy atom. The lowest BCUT2D eigenvalue weighted by Gasteiger charge is -2.06. The standard InChI is InChI=1S/C11H14ClN3O2S/c1-8-3-4-9-11(13-8)15(10(7-12)14-9)5-6-18(2,16)17/h3-4H,5-7H2,1-2H3. The first-order valence-corrected chi connectivity index (χ1v) is 8.06. The third-order valence-corrected chi connectivity index (χ3v) is 3.78. The van der Waals surface area contributed by atoms with E-state index < -0.39 is 9.84 Å². The SMILES string of the molecule is Cc1ccc2nc(CCl)n(CCS(C)(=O)=O)c2n1. The molecule has 0 amide bonds. The van der Waals surface area contributed by atoms with Crippen LogP contribution in [0, 0.1) is 6.92 Å². The summed E-state index contributed by atoms with van der Waals surface area (Å²) in [6.07, 6.45) is 1.21. The minimum Gasteiger partial charge on any atom is -0.311 e. The summed E-state index contributed by atoms with van der Waals surface area (Å²) >= 11 is 5.83. The largest absolute Gasteiger partial charge is 0.311 e. The van der Waals surface area contributed by atoms with Crippen LogP contribution in [0.2, 0.25) is 0 Å². The van der Waals surface area contributed by atoms with Crippen LogP contribution in [0.3, 0.4) is 0 Å². The predicted octanol–water partition coefficient (Wildman–Crippen LogP) is 1.52. The maximum absolute atomic E-state index is 11.2. The first-order valence-electron chi connectivity index (χ1n) is 5.47. The average Bonchev–Trinajstić information content (AvgIpc) is 2.62. The van der Waals surface area contributed by atoms with Crippen molar-refractivity contribution in [2.75, 3.05) is 12.0 Å². The van der Waals surface area contributed by atoms with E-state index in [1.165, 1.54) is 6.26 Å². The van der Waals surface area contributed by atoms with Gasteiger partial charge in [0, 0.05) is 18.5 Å². The number of aryl methyl sites for hydroxylation is 2. The molecule has 0 atom stereocenters. The van der Waals surface area contributed by atoms with Gasteiger partial charge in [-0.25, -0.2) is 18.4 Å². The Hall–Kier alpha value is -1.14. The van der Waals surface area contributed by atoms with E-state index in [2.05, 4.69) is 9.97 Å². The number of pyridine rings is 1. The van der Waals surface area contributed by atoms with Crippen molar-refractivity contribution in [2.24, 2.45) is 0 Å². The number of nitrogens with zero attached hydrogens (tertiary/aromatic N) is 3. The zero-order chi connectivity index (χ0) is 13.3. The number of imidazole rings is 1. The van der Waals surface area contributed by atoms with E-state index in [9.17, 15) is 8.42 Å². The summed E-state index contributed by atoms with van der Waals surface area (Å²) in [7, 11) is -3.02. The van der Waals surface area contributed by atoms with Gasteiger partial charge >= 0.3 is 0 Å². The molecule has 0 saturated carbocycles. The highest BCUT2D eigenvalue weighted by atomic mass is 35.5. The van der Waals surface area contributed by atoms with Crippen molar-refractivity contribution in [3.05, 3.63) is 23.7 Å². The Morgan fingerprint density at radius 3 is 2.67 bits per heavy atom. The van der Waals surface area contributed by atoms with Gasteiger partial charge in [0.25, 0.3) is 0 Å². The lowest BCUT2D eigenvalue weighted by atomic mass is 10.3. The number of halogens is 1. The van der Waals surface area contributed by atoms with Gasteiger partial charge in [-0.15, -0.1) is 11.6 Å². The summed E-state index contributed by atoms with van der Waals surface area (Å²) < 4.78 is 24.3. The highest BCUT2D eigenvalue weighted by molar-refractivity contribution is 7.90. The fraction of sp³-hybridized carbons (Fsp3) is 0.455. The molecule has 7 heteroatoms. The lowest BCUT2D eigenvalue weighted by molar-refractivity contribution is 0.594. The topological polar surface area (TPSA) is 64.8 Å². The molecule has 2 heterocycles. The van der Waals surface area contributed by atoms with Crippen molar-refractivity contribution in [3.8, 4) is 0 Å². The number of fused-ring (bicyclic) bond motifs is 1. The Kier molecular flexibility index (Phi) is 3.59. The van der Waals surface area contributed by atoms with Gasteiger partial charge in [0.2, 0.25) is 0 Å². The Labute approximate surface area is 111 Å². The maximum atomic E-state index is 11.2. The van der Waals surface area contributed by atoms with E-state index in [1.807, 2.05) is 19.1 Å². The van der Waals surface area contributed by atoms with Crippen molar-refractivity contribution in [2.45, 2.75) is 19.3 Å². The van der Waals surface area contributed by atoms with Crippen LogP contribution in [0.15, 0.2) is 12.1 Å². The monoisotopic (exact) mass is 287 g/mol. The Balaban J connectivity index is 2.49. The second-order valence-corrected chi connectivity index (χ2v) is 6.77. The molecule has 0 spiro atoms. The molecular formula is C11H14ClN3O2S. The Morgan fingerprint density at radius 2 is 2.06 bits per heavy atom. The summed E-state index contributed by atoms with van der Waals surface area (Å²) in [5.74, 6) is 0.936. The predicted molar refractivity (Wildman–Crippen MR) is 71.5 cm³/mol. The molecule has 98 valence electrons.